The molecule has 0 bridgehead atoms. The van der Waals surface area contributed by atoms with Gasteiger partial charge >= 0.3 is 0 Å². The molecule has 0 radical (unpaired) electrons. The zero-order valence-electron chi connectivity index (χ0n) is 17.5. The highest BCUT2D eigenvalue weighted by molar-refractivity contribution is 6.18. The molecule has 0 saturated heterocycles. The van der Waals surface area contributed by atoms with Crippen molar-refractivity contribution in [3.63, 3.8) is 0 Å². The SMILES string of the molecule is COCCNC(=O)CN1C(=O)c2ccccc2N2C(=O)c3c(ccc(OC)c3OC)[C@@H]12. The molecule has 31 heavy (non-hydrogen) atoms. The zero-order chi connectivity index (χ0) is 22.1. The standard InChI is InChI=1S/C22H23N3O6/c1-29-11-10-23-17(26)12-24-20-14-8-9-16(30-2)19(31-3)18(14)22(28)25(20)15-7-5-4-6-13(15)21(24)27/h4-9,20H,10-12H2,1-3H3,(H,23,26)/t20-/m0/s1. The van der Waals surface area contributed by atoms with Crippen molar-refractivity contribution in [1.82, 2.24) is 10.2 Å². The fraction of sp³-hybridized carbons (Fsp3) is 0.318. The van der Waals surface area contributed by atoms with Gasteiger partial charge in [-0.1, -0.05) is 18.2 Å². The molecule has 3 amide bonds. The van der Waals surface area contributed by atoms with Crippen LogP contribution in [0.25, 0.3) is 0 Å². The number of carbonyl (C=O) groups excluding carboxylic acids is 3. The van der Waals surface area contributed by atoms with E-state index in [1.807, 2.05) is 0 Å². The largest absolute Gasteiger partial charge is 0.493 e. The Hall–Kier alpha value is -3.59. The van der Waals surface area contributed by atoms with Gasteiger partial charge in [-0.05, 0) is 18.2 Å². The Morgan fingerprint density at radius 1 is 1.03 bits per heavy atom. The third-order valence-corrected chi connectivity index (χ3v) is 5.43. The van der Waals surface area contributed by atoms with E-state index in [0.717, 1.165) is 0 Å². The molecule has 0 unspecified atom stereocenters. The number of hydrogen-bond acceptors (Lipinski definition) is 6. The number of para-hydroxylation sites is 1. The summed E-state index contributed by atoms with van der Waals surface area (Å²) >= 11 is 0. The van der Waals surface area contributed by atoms with Crippen molar-refractivity contribution in [2.24, 2.45) is 0 Å². The number of benzene rings is 2. The topological polar surface area (TPSA) is 97.4 Å². The number of methoxy groups -OCH3 is 3. The Balaban J connectivity index is 1.82. The molecule has 0 saturated carbocycles. The van der Waals surface area contributed by atoms with E-state index in [4.69, 9.17) is 14.2 Å². The van der Waals surface area contributed by atoms with Crippen molar-refractivity contribution in [3.8, 4) is 11.5 Å². The molecule has 4 rings (SSSR count). The van der Waals surface area contributed by atoms with E-state index >= 15 is 0 Å². The summed E-state index contributed by atoms with van der Waals surface area (Å²) in [5, 5.41) is 2.73. The average Bonchev–Trinajstić information content (AvgIpc) is 3.08. The van der Waals surface area contributed by atoms with Crippen LogP contribution in [0.1, 0.15) is 32.4 Å². The van der Waals surface area contributed by atoms with Crippen molar-refractivity contribution >= 4 is 23.4 Å². The van der Waals surface area contributed by atoms with Crippen LogP contribution in [0.15, 0.2) is 36.4 Å². The third kappa shape index (κ3) is 3.27. The molecule has 0 spiro atoms. The second-order valence-electron chi connectivity index (χ2n) is 7.11. The fourth-order valence-corrected chi connectivity index (χ4v) is 4.09. The first-order valence-corrected chi connectivity index (χ1v) is 9.77. The molecule has 0 aromatic heterocycles. The molecule has 2 aliphatic heterocycles. The number of amides is 3. The van der Waals surface area contributed by atoms with Crippen LogP contribution in [0.5, 0.6) is 11.5 Å². The van der Waals surface area contributed by atoms with E-state index in [-0.39, 0.29) is 24.3 Å². The molecule has 1 N–H and O–H groups in total. The number of rotatable bonds is 7. The minimum absolute atomic E-state index is 0.209. The lowest BCUT2D eigenvalue weighted by Crippen LogP contribution is -2.51. The number of anilines is 1. The molecule has 2 aromatic rings. The quantitative estimate of drug-likeness (QED) is 0.677. The lowest BCUT2D eigenvalue weighted by Gasteiger charge is -2.40. The van der Waals surface area contributed by atoms with Crippen LogP contribution in [0.3, 0.4) is 0 Å². The Morgan fingerprint density at radius 3 is 2.52 bits per heavy atom. The Morgan fingerprint density at radius 2 is 1.81 bits per heavy atom. The summed E-state index contributed by atoms with van der Waals surface area (Å²) in [6.07, 6.45) is -0.766. The molecule has 1 atom stereocenters. The number of nitrogens with one attached hydrogen (secondary N) is 1. The van der Waals surface area contributed by atoms with Gasteiger partial charge in [-0.25, -0.2) is 0 Å². The number of fused-ring (bicyclic) bond motifs is 5. The number of carbonyl (C=O) groups is 3. The smallest absolute Gasteiger partial charge is 0.264 e. The summed E-state index contributed by atoms with van der Waals surface area (Å²) in [7, 11) is 4.49. The van der Waals surface area contributed by atoms with Gasteiger partial charge in [0.25, 0.3) is 11.8 Å². The number of ether oxygens (including phenoxy) is 3. The maximum Gasteiger partial charge on any atom is 0.264 e. The minimum atomic E-state index is -0.766. The van der Waals surface area contributed by atoms with Gasteiger partial charge in [-0.3, -0.25) is 19.3 Å². The van der Waals surface area contributed by atoms with E-state index in [0.29, 0.717) is 47.0 Å². The summed E-state index contributed by atoms with van der Waals surface area (Å²) < 4.78 is 15.8. The van der Waals surface area contributed by atoms with Crippen LogP contribution in [0.2, 0.25) is 0 Å². The Bertz CT molecular complexity index is 1050. The van der Waals surface area contributed by atoms with Gasteiger partial charge < -0.3 is 24.4 Å². The van der Waals surface area contributed by atoms with Crippen LogP contribution >= 0.6 is 0 Å². The Kier molecular flexibility index (Phi) is 5.51. The van der Waals surface area contributed by atoms with E-state index in [1.165, 1.54) is 31.1 Å². The van der Waals surface area contributed by atoms with Crippen LogP contribution < -0.4 is 19.7 Å². The van der Waals surface area contributed by atoms with Crippen molar-refractivity contribution in [2.75, 3.05) is 45.9 Å². The van der Waals surface area contributed by atoms with Crippen LogP contribution in [-0.4, -0.2) is 63.6 Å². The van der Waals surface area contributed by atoms with Crippen molar-refractivity contribution in [3.05, 3.63) is 53.1 Å². The summed E-state index contributed by atoms with van der Waals surface area (Å²) in [5.41, 5.74) is 1.75. The van der Waals surface area contributed by atoms with Gasteiger partial charge in [0.05, 0.1) is 37.6 Å². The molecule has 162 valence electrons. The lowest BCUT2D eigenvalue weighted by molar-refractivity contribution is -0.122. The maximum atomic E-state index is 13.5. The number of hydrogen-bond donors (Lipinski definition) is 1. The number of nitrogens with zero attached hydrogens (tertiary/aromatic N) is 2. The summed E-state index contributed by atoms with van der Waals surface area (Å²) in [5.74, 6) is -0.271. The summed E-state index contributed by atoms with van der Waals surface area (Å²) in [6.45, 7) is 0.471. The predicted molar refractivity (Wildman–Crippen MR) is 111 cm³/mol. The molecule has 2 aromatic carbocycles. The first kappa shape index (κ1) is 20.7. The van der Waals surface area contributed by atoms with Gasteiger partial charge in [-0.15, -0.1) is 0 Å². The fourth-order valence-electron chi connectivity index (χ4n) is 4.09. The average molecular weight is 425 g/mol. The monoisotopic (exact) mass is 425 g/mol. The zero-order valence-corrected chi connectivity index (χ0v) is 17.5. The summed E-state index contributed by atoms with van der Waals surface area (Å²) in [6, 6.07) is 10.3. The predicted octanol–water partition coefficient (Wildman–Crippen LogP) is 1.58. The highest BCUT2D eigenvalue weighted by Crippen LogP contribution is 2.49. The van der Waals surface area contributed by atoms with Gasteiger partial charge in [0, 0.05) is 19.2 Å². The normalized spacial score (nSPS) is 16.5. The molecule has 9 heteroatoms. The molecule has 0 fully saturated rings. The van der Waals surface area contributed by atoms with Crippen molar-refractivity contribution in [2.45, 2.75) is 6.17 Å². The molecule has 0 aliphatic carbocycles. The van der Waals surface area contributed by atoms with E-state index < -0.39 is 6.17 Å². The highest BCUT2D eigenvalue weighted by atomic mass is 16.5. The van der Waals surface area contributed by atoms with Gasteiger partial charge in [0.15, 0.2) is 11.5 Å². The lowest BCUT2D eigenvalue weighted by atomic mass is 10.0. The minimum Gasteiger partial charge on any atom is -0.493 e. The molecule has 2 aliphatic rings. The van der Waals surface area contributed by atoms with Crippen molar-refractivity contribution < 1.29 is 28.6 Å². The molecular formula is C22H23N3O6. The first-order valence-electron chi connectivity index (χ1n) is 9.77. The highest BCUT2D eigenvalue weighted by Gasteiger charge is 2.50. The molecule has 2 heterocycles. The van der Waals surface area contributed by atoms with Crippen LogP contribution in [-0.2, 0) is 9.53 Å². The van der Waals surface area contributed by atoms with E-state index in [1.54, 1.807) is 36.4 Å². The Labute approximate surface area is 179 Å². The second kappa shape index (κ2) is 8.27. The van der Waals surface area contributed by atoms with E-state index in [2.05, 4.69) is 5.32 Å². The molecular weight excluding hydrogens is 402 g/mol. The van der Waals surface area contributed by atoms with Gasteiger partial charge in [0.1, 0.15) is 12.7 Å². The van der Waals surface area contributed by atoms with Gasteiger partial charge in [0.2, 0.25) is 5.91 Å². The van der Waals surface area contributed by atoms with Crippen molar-refractivity contribution in [1.29, 1.82) is 0 Å². The third-order valence-electron chi connectivity index (χ3n) is 5.43. The van der Waals surface area contributed by atoms with Crippen LogP contribution in [0.4, 0.5) is 5.69 Å². The summed E-state index contributed by atoms with van der Waals surface area (Å²) in [4.78, 5) is 42.3. The molecule has 9 nitrogen and oxygen atoms in total. The van der Waals surface area contributed by atoms with Crippen LogP contribution in [0, 0.1) is 0 Å². The maximum absolute atomic E-state index is 13.5. The first-order chi connectivity index (χ1) is 15.0. The van der Waals surface area contributed by atoms with Gasteiger partial charge in [-0.2, -0.15) is 0 Å². The van der Waals surface area contributed by atoms with E-state index in [9.17, 15) is 14.4 Å². The second-order valence-corrected chi connectivity index (χ2v) is 7.11.